The summed E-state index contributed by atoms with van der Waals surface area (Å²) < 4.78 is 7.09. The van der Waals surface area contributed by atoms with E-state index in [0.717, 1.165) is 11.4 Å². The van der Waals surface area contributed by atoms with Crippen molar-refractivity contribution in [2.75, 3.05) is 12.9 Å². The molecule has 1 amide bonds. The molecule has 0 unspecified atom stereocenters. The molecule has 1 heterocycles. The maximum absolute atomic E-state index is 12.0. The summed E-state index contributed by atoms with van der Waals surface area (Å²) in [5, 5.41) is 11.8. The number of carbonyl (C=O) groups is 1. The van der Waals surface area contributed by atoms with E-state index in [9.17, 15) is 4.79 Å². The maximum Gasteiger partial charge on any atom is 0.230 e. The lowest BCUT2D eigenvalue weighted by atomic mass is 10.2. The van der Waals surface area contributed by atoms with Gasteiger partial charge in [-0.3, -0.25) is 9.36 Å². The van der Waals surface area contributed by atoms with Gasteiger partial charge >= 0.3 is 0 Å². The molecule has 3 rings (SSSR count). The number of methoxy groups -OCH3 is 1. The molecule has 1 fully saturated rings. The average molecular weight is 332 g/mol. The third-order valence-corrected chi connectivity index (χ3v) is 4.84. The first-order chi connectivity index (χ1) is 11.2. The summed E-state index contributed by atoms with van der Waals surface area (Å²) in [7, 11) is 1.63. The molecule has 1 aliphatic carbocycles. The zero-order chi connectivity index (χ0) is 16.2. The summed E-state index contributed by atoms with van der Waals surface area (Å²) >= 11 is 1.38. The summed E-state index contributed by atoms with van der Waals surface area (Å²) in [6, 6.07) is 7.91. The molecular formula is C16H20N4O2S. The highest BCUT2D eigenvalue weighted by Gasteiger charge is 2.28. The van der Waals surface area contributed by atoms with Crippen molar-refractivity contribution >= 4 is 17.7 Å². The van der Waals surface area contributed by atoms with Crippen molar-refractivity contribution in [1.82, 2.24) is 20.1 Å². The molecule has 1 atom stereocenters. The lowest BCUT2D eigenvalue weighted by molar-refractivity contribution is -0.119. The van der Waals surface area contributed by atoms with Crippen LogP contribution in [0.5, 0.6) is 5.75 Å². The molecule has 23 heavy (non-hydrogen) atoms. The predicted octanol–water partition coefficient (Wildman–Crippen LogP) is 2.28. The van der Waals surface area contributed by atoms with E-state index in [4.69, 9.17) is 4.74 Å². The minimum absolute atomic E-state index is 0.0367. The number of hydrogen-bond acceptors (Lipinski definition) is 5. The SMILES string of the molecule is COc1cccc(-n2cnnc2SCC(=O)N[C@H](C)C2CC2)c1. The highest BCUT2D eigenvalue weighted by molar-refractivity contribution is 7.99. The lowest BCUT2D eigenvalue weighted by Gasteiger charge is -2.12. The third-order valence-electron chi connectivity index (χ3n) is 3.90. The van der Waals surface area contributed by atoms with Crippen LogP contribution in [0.1, 0.15) is 19.8 Å². The van der Waals surface area contributed by atoms with E-state index in [0.29, 0.717) is 16.8 Å². The number of rotatable bonds is 7. The van der Waals surface area contributed by atoms with Crippen LogP contribution in [-0.2, 0) is 4.79 Å². The summed E-state index contributed by atoms with van der Waals surface area (Å²) in [5.74, 6) is 1.79. The number of carbonyl (C=O) groups excluding carboxylic acids is 1. The van der Waals surface area contributed by atoms with Crippen molar-refractivity contribution in [2.24, 2.45) is 5.92 Å². The highest BCUT2D eigenvalue weighted by Crippen LogP contribution is 2.32. The van der Waals surface area contributed by atoms with Crippen LogP contribution < -0.4 is 10.1 Å². The van der Waals surface area contributed by atoms with E-state index in [2.05, 4.69) is 22.4 Å². The van der Waals surface area contributed by atoms with Crippen LogP contribution in [0.25, 0.3) is 5.69 Å². The second-order valence-electron chi connectivity index (χ2n) is 5.67. The van der Waals surface area contributed by atoms with Crippen molar-refractivity contribution in [3.8, 4) is 11.4 Å². The van der Waals surface area contributed by atoms with Gasteiger partial charge in [-0.1, -0.05) is 17.8 Å². The standard InChI is InChI=1S/C16H20N4O2S/c1-11(12-6-7-12)18-15(21)9-23-16-19-17-10-20(16)13-4-3-5-14(8-13)22-2/h3-5,8,10-12H,6-7,9H2,1-2H3,(H,18,21)/t11-/m1/s1. The Kier molecular flexibility index (Phi) is 4.85. The molecule has 1 N–H and O–H groups in total. The number of benzene rings is 1. The molecule has 122 valence electrons. The Bertz CT molecular complexity index is 684. The first kappa shape index (κ1) is 15.9. The van der Waals surface area contributed by atoms with Crippen LogP contribution >= 0.6 is 11.8 Å². The number of thioether (sulfide) groups is 1. The fourth-order valence-corrected chi connectivity index (χ4v) is 3.14. The van der Waals surface area contributed by atoms with Crippen LogP contribution in [-0.4, -0.2) is 39.6 Å². The highest BCUT2D eigenvalue weighted by atomic mass is 32.2. The molecular weight excluding hydrogens is 312 g/mol. The van der Waals surface area contributed by atoms with Gasteiger partial charge in [-0.15, -0.1) is 10.2 Å². The average Bonchev–Trinajstić information content (AvgIpc) is 3.31. The Hall–Kier alpha value is -2.02. The first-order valence-electron chi connectivity index (χ1n) is 7.64. The summed E-state index contributed by atoms with van der Waals surface area (Å²) in [4.78, 5) is 12.0. The minimum atomic E-state index is 0.0367. The van der Waals surface area contributed by atoms with Crippen LogP contribution in [0.3, 0.4) is 0 Å². The Morgan fingerprint density at radius 1 is 1.52 bits per heavy atom. The molecule has 0 radical (unpaired) electrons. The van der Waals surface area contributed by atoms with Crippen LogP contribution in [0.2, 0.25) is 0 Å². The van der Waals surface area contributed by atoms with Gasteiger partial charge in [-0.05, 0) is 37.8 Å². The van der Waals surface area contributed by atoms with Crippen molar-refractivity contribution in [3.63, 3.8) is 0 Å². The fourth-order valence-electron chi connectivity index (χ4n) is 2.40. The van der Waals surface area contributed by atoms with Gasteiger partial charge in [0.1, 0.15) is 12.1 Å². The van der Waals surface area contributed by atoms with Crippen LogP contribution in [0.4, 0.5) is 0 Å². The monoisotopic (exact) mass is 332 g/mol. The normalized spacial score (nSPS) is 15.2. The topological polar surface area (TPSA) is 69.0 Å². The van der Waals surface area contributed by atoms with E-state index in [1.165, 1.54) is 24.6 Å². The molecule has 1 aromatic heterocycles. The Balaban J connectivity index is 1.62. The number of nitrogens with zero attached hydrogens (tertiary/aromatic N) is 3. The van der Waals surface area contributed by atoms with Crippen LogP contribution in [0.15, 0.2) is 35.7 Å². The van der Waals surface area contributed by atoms with Gasteiger partial charge in [0.15, 0.2) is 5.16 Å². The molecule has 1 aromatic carbocycles. The Morgan fingerprint density at radius 3 is 3.09 bits per heavy atom. The van der Waals surface area contributed by atoms with Gasteiger partial charge in [-0.2, -0.15) is 0 Å². The molecule has 2 aromatic rings. The van der Waals surface area contributed by atoms with Gasteiger partial charge in [-0.25, -0.2) is 0 Å². The largest absolute Gasteiger partial charge is 0.497 e. The van der Waals surface area contributed by atoms with E-state index in [1.54, 1.807) is 13.4 Å². The zero-order valence-corrected chi connectivity index (χ0v) is 14.0. The molecule has 7 heteroatoms. The van der Waals surface area contributed by atoms with E-state index in [-0.39, 0.29) is 11.9 Å². The third kappa shape index (κ3) is 4.04. The number of nitrogens with one attached hydrogen (secondary N) is 1. The number of hydrogen-bond donors (Lipinski definition) is 1. The summed E-state index contributed by atoms with van der Waals surface area (Å²) in [5.41, 5.74) is 0.906. The van der Waals surface area contributed by atoms with E-state index < -0.39 is 0 Å². The minimum Gasteiger partial charge on any atom is -0.497 e. The zero-order valence-electron chi connectivity index (χ0n) is 13.2. The van der Waals surface area contributed by atoms with Crippen molar-refractivity contribution < 1.29 is 9.53 Å². The van der Waals surface area contributed by atoms with E-state index >= 15 is 0 Å². The van der Waals surface area contributed by atoms with Gasteiger partial charge in [0.05, 0.1) is 18.6 Å². The van der Waals surface area contributed by atoms with Gasteiger partial charge in [0, 0.05) is 12.1 Å². The smallest absolute Gasteiger partial charge is 0.230 e. The molecule has 0 spiro atoms. The quantitative estimate of drug-likeness (QED) is 0.788. The molecule has 0 saturated heterocycles. The Labute approximate surface area is 139 Å². The molecule has 6 nitrogen and oxygen atoms in total. The van der Waals surface area contributed by atoms with Crippen molar-refractivity contribution in [1.29, 1.82) is 0 Å². The summed E-state index contributed by atoms with van der Waals surface area (Å²) in [6.07, 6.45) is 4.08. The molecule has 0 aliphatic heterocycles. The lowest BCUT2D eigenvalue weighted by Crippen LogP contribution is -2.35. The Morgan fingerprint density at radius 2 is 2.35 bits per heavy atom. The maximum atomic E-state index is 12.0. The molecule has 1 saturated carbocycles. The van der Waals surface area contributed by atoms with Crippen molar-refractivity contribution in [3.05, 3.63) is 30.6 Å². The molecule has 1 aliphatic rings. The first-order valence-corrected chi connectivity index (χ1v) is 8.62. The number of amides is 1. The summed E-state index contributed by atoms with van der Waals surface area (Å²) in [6.45, 7) is 2.07. The number of ether oxygens (including phenoxy) is 1. The van der Waals surface area contributed by atoms with Crippen molar-refractivity contribution in [2.45, 2.75) is 31.0 Å². The second-order valence-corrected chi connectivity index (χ2v) is 6.61. The second kappa shape index (κ2) is 7.04. The van der Waals surface area contributed by atoms with Crippen LogP contribution in [0, 0.1) is 5.92 Å². The predicted molar refractivity (Wildman–Crippen MR) is 89.0 cm³/mol. The van der Waals surface area contributed by atoms with E-state index in [1.807, 2.05) is 28.8 Å². The van der Waals surface area contributed by atoms with Gasteiger partial charge in [0.2, 0.25) is 5.91 Å². The number of aromatic nitrogens is 3. The van der Waals surface area contributed by atoms with Gasteiger partial charge in [0.25, 0.3) is 0 Å². The van der Waals surface area contributed by atoms with Gasteiger partial charge < -0.3 is 10.1 Å². The molecule has 0 bridgehead atoms. The fraction of sp³-hybridized carbons (Fsp3) is 0.438.